The van der Waals surface area contributed by atoms with E-state index < -0.39 is 39.0 Å². The number of carbonyl (C=O) groups excluding carboxylic acids is 1. The van der Waals surface area contributed by atoms with Crippen molar-refractivity contribution in [1.82, 2.24) is 0 Å². The number of carboxylic acids is 1. The van der Waals surface area contributed by atoms with E-state index in [1.807, 2.05) is 0 Å². The van der Waals surface area contributed by atoms with Crippen LogP contribution >= 0.6 is 0 Å². The molecule has 0 radical (unpaired) electrons. The van der Waals surface area contributed by atoms with E-state index in [1.165, 1.54) is 0 Å². The molecule has 0 aromatic heterocycles. The molecular formula is C17H19NO5S. The Morgan fingerprint density at radius 1 is 1.21 bits per heavy atom. The van der Waals surface area contributed by atoms with Crippen molar-refractivity contribution in [3.05, 3.63) is 46.4 Å². The Morgan fingerprint density at radius 3 is 2.38 bits per heavy atom. The number of sulfone groups is 1. The molecule has 7 heteroatoms. The molecule has 0 saturated carbocycles. The molecular weight excluding hydrogens is 330 g/mol. The van der Waals surface area contributed by atoms with Crippen molar-refractivity contribution in [3.8, 4) is 0 Å². The lowest BCUT2D eigenvalue weighted by molar-refractivity contribution is -0.160. The number of primary amides is 1. The van der Waals surface area contributed by atoms with Gasteiger partial charge in [0.25, 0.3) is 0 Å². The maximum atomic E-state index is 12.4. The third kappa shape index (κ3) is 2.11. The number of nitrogens with two attached hydrogens (primary N) is 1. The fourth-order valence-electron chi connectivity index (χ4n) is 4.35. The summed E-state index contributed by atoms with van der Waals surface area (Å²) in [4.78, 5) is 24.7. The predicted octanol–water partition coefficient (Wildman–Crippen LogP) is 1.44. The van der Waals surface area contributed by atoms with E-state index >= 15 is 0 Å². The van der Waals surface area contributed by atoms with E-state index in [0.717, 1.165) is 0 Å². The molecule has 1 saturated heterocycles. The van der Waals surface area contributed by atoms with E-state index in [4.69, 9.17) is 5.73 Å². The second-order valence-corrected chi connectivity index (χ2v) is 8.59. The molecule has 1 aliphatic heterocycles. The van der Waals surface area contributed by atoms with Crippen LogP contribution in [0, 0.1) is 11.3 Å². The number of allylic oxidation sites excluding steroid dienone is 2. The molecule has 24 heavy (non-hydrogen) atoms. The molecule has 3 atom stereocenters. The van der Waals surface area contributed by atoms with Gasteiger partial charge in [0.15, 0.2) is 15.3 Å². The van der Waals surface area contributed by atoms with E-state index in [2.05, 4.69) is 0 Å². The number of fused-ring (bicyclic) bond motifs is 1. The van der Waals surface area contributed by atoms with Crippen LogP contribution in [0.5, 0.6) is 0 Å². The Morgan fingerprint density at radius 2 is 1.83 bits per heavy atom. The summed E-state index contributed by atoms with van der Waals surface area (Å²) < 4.78 is 24.8. The molecule has 1 aromatic carbocycles. The number of hydrogen-bond acceptors (Lipinski definition) is 4. The van der Waals surface area contributed by atoms with E-state index in [9.17, 15) is 23.1 Å². The summed E-state index contributed by atoms with van der Waals surface area (Å²) in [6.07, 6.45) is 0.290. The number of amides is 1. The third-order valence-corrected chi connectivity index (χ3v) is 7.40. The van der Waals surface area contributed by atoms with Gasteiger partial charge in [-0.05, 0) is 25.3 Å². The summed E-state index contributed by atoms with van der Waals surface area (Å²) in [5, 5.41) is 9.98. The lowest BCUT2D eigenvalue weighted by Crippen LogP contribution is -2.55. The first-order valence-electron chi connectivity index (χ1n) is 7.73. The standard InChI is InChI=1S/C17H19NO5S/c1-10-9-13(11-5-3-2-4-6-11)17(15(18)19,16(20)21)12-7-8-24(22,23)14(10)12/h2-6,12-13H,7-9H2,1H3,(H2,18,19)(H,20,21)/t12-,13-,17?/m1/s1. The summed E-state index contributed by atoms with van der Waals surface area (Å²) in [5.41, 5.74) is 4.95. The van der Waals surface area contributed by atoms with Crippen LogP contribution < -0.4 is 5.73 Å². The molecule has 1 amide bonds. The molecule has 6 nitrogen and oxygen atoms in total. The molecule has 0 bridgehead atoms. The molecule has 1 unspecified atom stereocenters. The molecule has 0 spiro atoms. The minimum absolute atomic E-state index is 0.105. The van der Waals surface area contributed by atoms with Gasteiger partial charge in [-0.25, -0.2) is 8.42 Å². The van der Waals surface area contributed by atoms with Crippen molar-refractivity contribution >= 4 is 21.7 Å². The number of benzene rings is 1. The SMILES string of the molecule is CC1=C2[C@@H](CCS2(=O)=O)C(C(N)=O)(C(=O)O)[C@@H](c2ccccc2)C1. The highest BCUT2D eigenvalue weighted by atomic mass is 32.2. The van der Waals surface area contributed by atoms with Crippen molar-refractivity contribution in [2.24, 2.45) is 17.1 Å². The maximum absolute atomic E-state index is 12.4. The smallest absolute Gasteiger partial charge is 0.320 e. The van der Waals surface area contributed by atoms with Gasteiger partial charge in [-0.15, -0.1) is 0 Å². The van der Waals surface area contributed by atoms with Crippen LogP contribution in [0.2, 0.25) is 0 Å². The largest absolute Gasteiger partial charge is 0.480 e. The Bertz CT molecular complexity index is 827. The molecule has 128 valence electrons. The van der Waals surface area contributed by atoms with Crippen molar-refractivity contribution in [1.29, 1.82) is 0 Å². The molecule has 2 aliphatic rings. The number of aliphatic carboxylic acids is 1. The van der Waals surface area contributed by atoms with Crippen LogP contribution in [-0.4, -0.2) is 31.2 Å². The quantitative estimate of drug-likeness (QED) is 0.801. The Kier molecular flexibility index (Phi) is 3.79. The molecule has 3 rings (SSSR count). The zero-order chi connectivity index (χ0) is 17.7. The van der Waals surface area contributed by atoms with Gasteiger partial charge >= 0.3 is 5.97 Å². The van der Waals surface area contributed by atoms with Gasteiger partial charge in [0, 0.05) is 16.7 Å². The molecule has 1 aromatic rings. The third-order valence-electron chi connectivity index (χ3n) is 5.32. The van der Waals surface area contributed by atoms with Crippen LogP contribution in [-0.2, 0) is 19.4 Å². The van der Waals surface area contributed by atoms with Crippen LogP contribution in [0.1, 0.15) is 31.2 Å². The fraction of sp³-hybridized carbons (Fsp3) is 0.412. The Hall–Kier alpha value is -2.15. The van der Waals surface area contributed by atoms with Crippen LogP contribution in [0.25, 0.3) is 0 Å². The van der Waals surface area contributed by atoms with E-state index in [0.29, 0.717) is 11.1 Å². The second kappa shape index (κ2) is 5.44. The highest BCUT2D eigenvalue weighted by Crippen LogP contribution is 2.57. The normalized spacial score (nSPS) is 31.5. The summed E-state index contributed by atoms with van der Waals surface area (Å²) in [5.74, 6) is -4.06. The molecule has 3 N–H and O–H groups in total. The monoisotopic (exact) mass is 349 g/mol. The van der Waals surface area contributed by atoms with Gasteiger partial charge in [-0.1, -0.05) is 35.9 Å². The minimum atomic E-state index is -3.53. The zero-order valence-electron chi connectivity index (χ0n) is 13.2. The van der Waals surface area contributed by atoms with Crippen molar-refractivity contribution in [2.75, 3.05) is 5.75 Å². The lowest BCUT2D eigenvalue weighted by Gasteiger charge is -2.43. The van der Waals surface area contributed by atoms with Crippen LogP contribution in [0.3, 0.4) is 0 Å². The van der Waals surface area contributed by atoms with Crippen molar-refractivity contribution < 1.29 is 23.1 Å². The average molecular weight is 349 g/mol. The summed E-state index contributed by atoms with van der Waals surface area (Å²) in [6.45, 7) is 1.70. The number of hydrogen-bond donors (Lipinski definition) is 2. The van der Waals surface area contributed by atoms with Gasteiger partial charge in [-0.2, -0.15) is 0 Å². The molecule has 1 fully saturated rings. The summed E-state index contributed by atoms with van der Waals surface area (Å²) >= 11 is 0. The first kappa shape index (κ1) is 16.7. The highest BCUT2D eigenvalue weighted by Gasteiger charge is 2.63. The van der Waals surface area contributed by atoms with Crippen LogP contribution in [0.4, 0.5) is 0 Å². The lowest BCUT2D eigenvalue weighted by atomic mass is 9.58. The predicted molar refractivity (Wildman–Crippen MR) is 87.7 cm³/mol. The number of rotatable bonds is 3. The Labute approximate surface area is 140 Å². The van der Waals surface area contributed by atoms with Gasteiger partial charge in [0.2, 0.25) is 5.91 Å². The highest BCUT2D eigenvalue weighted by molar-refractivity contribution is 7.95. The molecule has 1 aliphatic carbocycles. The zero-order valence-corrected chi connectivity index (χ0v) is 14.0. The van der Waals surface area contributed by atoms with Crippen molar-refractivity contribution in [2.45, 2.75) is 25.7 Å². The Balaban J connectivity index is 2.31. The maximum Gasteiger partial charge on any atom is 0.320 e. The number of carboxylic acid groups (broad SMARTS) is 1. The van der Waals surface area contributed by atoms with Crippen molar-refractivity contribution in [3.63, 3.8) is 0 Å². The summed E-state index contributed by atoms with van der Waals surface area (Å²) in [6, 6.07) is 8.85. The number of carbonyl (C=O) groups is 2. The summed E-state index contributed by atoms with van der Waals surface area (Å²) in [7, 11) is -3.53. The van der Waals surface area contributed by atoms with Gasteiger partial charge in [0.05, 0.1) is 5.75 Å². The molecule has 1 heterocycles. The van der Waals surface area contributed by atoms with E-state index in [-0.39, 0.29) is 23.5 Å². The van der Waals surface area contributed by atoms with Gasteiger partial charge < -0.3 is 10.8 Å². The second-order valence-electron chi connectivity index (χ2n) is 6.51. The van der Waals surface area contributed by atoms with Gasteiger partial charge in [0.1, 0.15) is 0 Å². The first-order valence-corrected chi connectivity index (χ1v) is 9.38. The van der Waals surface area contributed by atoms with E-state index in [1.54, 1.807) is 37.3 Å². The minimum Gasteiger partial charge on any atom is -0.480 e. The topological polar surface area (TPSA) is 115 Å². The van der Waals surface area contributed by atoms with Crippen LogP contribution in [0.15, 0.2) is 40.8 Å². The average Bonchev–Trinajstić information content (AvgIpc) is 2.84. The van der Waals surface area contributed by atoms with Gasteiger partial charge in [-0.3, -0.25) is 9.59 Å². The fourth-order valence-corrected chi connectivity index (χ4v) is 6.47. The first-order chi connectivity index (χ1) is 11.2.